The molecule has 0 saturated carbocycles. The molecule has 3 heterocycles. The van der Waals surface area contributed by atoms with Gasteiger partial charge in [0.15, 0.2) is 0 Å². The number of aryl methyl sites for hydroxylation is 3. The van der Waals surface area contributed by atoms with Crippen molar-refractivity contribution in [2.75, 3.05) is 13.1 Å². The lowest BCUT2D eigenvalue weighted by atomic mass is 10.1. The number of carboxylic acids is 1. The molecule has 1 aliphatic heterocycles. The Labute approximate surface area is 179 Å². The Kier molecular flexibility index (Phi) is 6.91. The van der Waals surface area contributed by atoms with Crippen molar-refractivity contribution in [2.24, 2.45) is 5.73 Å². The van der Waals surface area contributed by atoms with Crippen LogP contribution >= 0.6 is 0 Å². The van der Waals surface area contributed by atoms with Crippen molar-refractivity contribution in [1.29, 1.82) is 0 Å². The van der Waals surface area contributed by atoms with Crippen molar-refractivity contribution >= 4 is 22.8 Å². The van der Waals surface area contributed by atoms with Gasteiger partial charge in [-0.2, -0.15) is 0 Å². The van der Waals surface area contributed by atoms with E-state index in [9.17, 15) is 9.59 Å². The minimum atomic E-state index is -0.833. The fourth-order valence-corrected chi connectivity index (χ4v) is 3.78. The van der Waals surface area contributed by atoms with Crippen molar-refractivity contribution < 1.29 is 19.1 Å². The number of rotatable bonds is 4. The van der Waals surface area contributed by atoms with Crippen molar-refractivity contribution in [3.63, 3.8) is 0 Å². The number of nitrogens with zero attached hydrogens (tertiary/aromatic N) is 1. The fourth-order valence-electron chi connectivity index (χ4n) is 3.78. The van der Waals surface area contributed by atoms with Gasteiger partial charge < -0.3 is 25.1 Å². The average molecular weight is 425 g/mol. The molecule has 2 aromatic heterocycles. The summed E-state index contributed by atoms with van der Waals surface area (Å²) in [5.41, 5.74) is 8.36. The second-order valence-corrected chi connectivity index (χ2v) is 7.74. The number of hydrogen-bond acceptors (Lipinski definition) is 5. The molecule has 1 unspecified atom stereocenters. The van der Waals surface area contributed by atoms with Gasteiger partial charge in [0.2, 0.25) is 0 Å². The first-order valence-electron chi connectivity index (χ1n) is 10.2. The average Bonchev–Trinajstić information content (AvgIpc) is 3.31. The van der Waals surface area contributed by atoms with Gasteiger partial charge in [0.25, 0.3) is 11.9 Å². The summed E-state index contributed by atoms with van der Waals surface area (Å²) >= 11 is 0. The van der Waals surface area contributed by atoms with Crippen LogP contribution in [0.5, 0.6) is 0 Å². The van der Waals surface area contributed by atoms with E-state index in [4.69, 9.17) is 20.1 Å². The Morgan fingerprint density at radius 2 is 2.00 bits per heavy atom. The van der Waals surface area contributed by atoms with E-state index in [-0.39, 0.29) is 17.5 Å². The molecule has 1 atom stereocenters. The zero-order valence-electron chi connectivity index (χ0n) is 17.7. The molecule has 8 nitrogen and oxygen atoms in total. The zero-order valence-corrected chi connectivity index (χ0v) is 17.7. The summed E-state index contributed by atoms with van der Waals surface area (Å²) in [5, 5.41) is 8.59. The zero-order chi connectivity index (χ0) is 22.5. The van der Waals surface area contributed by atoms with E-state index in [1.165, 1.54) is 10.9 Å². The number of nitrogens with one attached hydrogen (secondary N) is 1. The number of para-hydroxylation sites is 1. The Morgan fingerprint density at radius 1 is 1.29 bits per heavy atom. The van der Waals surface area contributed by atoms with E-state index < -0.39 is 11.6 Å². The second-order valence-electron chi connectivity index (χ2n) is 7.74. The summed E-state index contributed by atoms with van der Waals surface area (Å²) in [5.74, 6) is -0.519. The molecule has 4 N–H and O–H groups in total. The van der Waals surface area contributed by atoms with Crippen LogP contribution in [0.1, 0.15) is 40.6 Å². The molecule has 1 aromatic carbocycles. The van der Waals surface area contributed by atoms with Crippen LogP contribution in [0.3, 0.4) is 0 Å². The summed E-state index contributed by atoms with van der Waals surface area (Å²) in [6.07, 6.45) is 4.10. The maximum absolute atomic E-state index is 12.6. The number of hydrogen-bond donors (Lipinski definition) is 3. The molecule has 0 spiro atoms. The number of amides is 1. The lowest BCUT2D eigenvalue weighted by molar-refractivity contribution is -0.134. The first-order chi connectivity index (χ1) is 14.8. The summed E-state index contributed by atoms with van der Waals surface area (Å²) in [6.45, 7) is 3.94. The number of likely N-dealkylation sites (tertiary alicyclic amines) is 1. The number of benzene rings is 1. The summed E-state index contributed by atoms with van der Waals surface area (Å²) in [7, 11) is 0. The Hall–Kier alpha value is -3.39. The normalized spacial score (nSPS) is 15.6. The van der Waals surface area contributed by atoms with E-state index >= 15 is 0 Å². The van der Waals surface area contributed by atoms with Gasteiger partial charge >= 0.3 is 5.63 Å². The number of fused-ring (bicyclic) bond motifs is 1. The Morgan fingerprint density at radius 3 is 2.65 bits per heavy atom. The van der Waals surface area contributed by atoms with E-state index in [0.717, 1.165) is 25.3 Å². The van der Waals surface area contributed by atoms with Crippen LogP contribution in [-0.4, -0.2) is 46.0 Å². The molecule has 3 aromatic rings. The third kappa shape index (κ3) is 5.40. The van der Waals surface area contributed by atoms with E-state index in [2.05, 4.69) is 11.1 Å². The maximum Gasteiger partial charge on any atom is 0.349 e. The number of aromatic nitrogens is 1. The highest BCUT2D eigenvalue weighted by Crippen LogP contribution is 2.20. The standard InChI is InChI=1S/C21H23N3O3.C2H4O2/c1-13-10-16(7-6-14-11-23-18-5-3-2-4-17(14)18)27-21(26)19(13)20(25)24-9-8-15(22)12-24;1-2(3)4/h2-5,10-11,15,23H,6-9,12,22H2,1H3;1H3,(H,3,4). The van der Waals surface area contributed by atoms with Crippen molar-refractivity contribution in [2.45, 2.75) is 39.2 Å². The van der Waals surface area contributed by atoms with Crippen molar-refractivity contribution in [3.05, 3.63) is 69.4 Å². The molecule has 0 aliphatic carbocycles. The largest absolute Gasteiger partial charge is 0.481 e. The van der Waals surface area contributed by atoms with Crippen molar-refractivity contribution in [3.8, 4) is 0 Å². The maximum atomic E-state index is 12.6. The van der Waals surface area contributed by atoms with E-state index in [1.54, 1.807) is 17.9 Å². The highest BCUT2D eigenvalue weighted by atomic mass is 16.4. The molecule has 1 aliphatic rings. The van der Waals surface area contributed by atoms with Gasteiger partial charge in [0, 0.05) is 49.6 Å². The summed E-state index contributed by atoms with van der Waals surface area (Å²) in [4.78, 5) is 39.0. The van der Waals surface area contributed by atoms with Crippen LogP contribution in [0.15, 0.2) is 45.7 Å². The van der Waals surface area contributed by atoms with Crippen LogP contribution in [0.2, 0.25) is 0 Å². The number of carbonyl (C=O) groups excluding carboxylic acids is 1. The second kappa shape index (κ2) is 9.61. The SMILES string of the molecule is CC(=O)O.Cc1cc(CCc2c[nH]c3ccccc23)oc(=O)c1C(=O)N1CCC(N)C1. The highest BCUT2D eigenvalue weighted by Gasteiger charge is 2.28. The predicted molar refractivity (Wildman–Crippen MR) is 117 cm³/mol. The molecule has 4 rings (SSSR count). The summed E-state index contributed by atoms with van der Waals surface area (Å²) in [6, 6.07) is 9.90. The first kappa shape index (κ1) is 22.3. The number of carboxylic acid groups (broad SMARTS) is 1. The van der Waals surface area contributed by atoms with Gasteiger partial charge in [-0.1, -0.05) is 18.2 Å². The molecule has 1 fully saturated rings. The molecule has 1 amide bonds. The minimum absolute atomic E-state index is 0.0169. The lowest BCUT2D eigenvalue weighted by Crippen LogP contribution is -2.35. The van der Waals surface area contributed by atoms with Crippen LogP contribution in [0.25, 0.3) is 10.9 Å². The number of aliphatic carboxylic acids is 1. The molecule has 0 radical (unpaired) electrons. The van der Waals surface area contributed by atoms with Gasteiger partial charge in [0.05, 0.1) is 0 Å². The van der Waals surface area contributed by atoms with Gasteiger partial charge in [-0.05, 0) is 43.0 Å². The molecule has 31 heavy (non-hydrogen) atoms. The molecule has 8 heteroatoms. The molecule has 1 saturated heterocycles. The molecular weight excluding hydrogens is 398 g/mol. The number of H-pyrrole nitrogens is 1. The van der Waals surface area contributed by atoms with Crippen LogP contribution in [0, 0.1) is 6.92 Å². The quantitative estimate of drug-likeness (QED) is 0.589. The number of nitrogens with two attached hydrogens (primary N) is 1. The molecule has 164 valence electrons. The third-order valence-electron chi connectivity index (χ3n) is 5.24. The van der Waals surface area contributed by atoms with E-state index in [1.807, 2.05) is 24.4 Å². The van der Waals surface area contributed by atoms with Crippen LogP contribution < -0.4 is 11.4 Å². The van der Waals surface area contributed by atoms with Crippen LogP contribution in [0.4, 0.5) is 0 Å². The monoisotopic (exact) mass is 425 g/mol. The van der Waals surface area contributed by atoms with Gasteiger partial charge in [-0.15, -0.1) is 0 Å². The molecular formula is C23H27N3O5. The first-order valence-corrected chi connectivity index (χ1v) is 10.2. The fraction of sp³-hybridized carbons (Fsp3) is 0.348. The van der Waals surface area contributed by atoms with Gasteiger partial charge in [0.1, 0.15) is 11.3 Å². The van der Waals surface area contributed by atoms with E-state index in [0.29, 0.717) is 30.8 Å². The smallest absolute Gasteiger partial charge is 0.349 e. The van der Waals surface area contributed by atoms with Gasteiger partial charge in [-0.25, -0.2) is 4.79 Å². The number of carbonyl (C=O) groups is 2. The Balaban J connectivity index is 0.000000628. The highest BCUT2D eigenvalue weighted by molar-refractivity contribution is 5.95. The third-order valence-corrected chi connectivity index (χ3v) is 5.24. The van der Waals surface area contributed by atoms with Crippen LogP contribution in [-0.2, 0) is 17.6 Å². The topological polar surface area (TPSA) is 130 Å². The Bertz CT molecular complexity index is 1140. The van der Waals surface area contributed by atoms with Gasteiger partial charge in [-0.3, -0.25) is 9.59 Å². The lowest BCUT2D eigenvalue weighted by Gasteiger charge is -2.16. The van der Waals surface area contributed by atoms with Crippen molar-refractivity contribution in [1.82, 2.24) is 9.88 Å². The molecule has 0 bridgehead atoms. The summed E-state index contributed by atoms with van der Waals surface area (Å²) < 4.78 is 5.46. The minimum Gasteiger partial charge on any atom is -0.481 e. The number of aromatic amines is 1. The predicted octanol–water partition coefficient (Wildman–Crippen LogP) is 2.48.